The van der Waals surface area contributed by atoms with Gasteiger partial charge in [0.05, 0.1) is 0 Å². The minimum atomic E-state index is -3.68. The first-order valence-corrected chi connectivity index (χ1v) is 32.6. The van der Waals surface area contributed by atoms with Crippen molar-refractivity contribution >= 4 is 43.8 Å². The van der Waals surface area contributed by atoms with Gasteiger partial charge in [0.2, 0.25) is 0 Å². The number of benzene rings is 4. The van der Waals surface area contributed by atoms with Crippen LogP contribution in [0.5, 0.6) is 0 Å². The van der Waals surface area contributed by atoms with Crippen molar-refractivity contribution < 1.29 is 17.4 Å². The van der Waals surface area contributed by atoms with E-state index in [4.69, 9.17) is 0 Å². The molecule has 0 heterocycles. The second-order valence-corrected chi connectivity index (χ2v) is 47.5. The molecule has 3 atom stereocenters. The maximum Gasteiger partial charge on any atom is -0.147 e. The van der Waals surface area contributed by atoms with E-state index in [0.717, 1.165) is 5.92 Å². The van der Waals surface area contributed by atoms with Gasteiger partial charge in [-0.3, -0.25) is 0 Å². The van der Waals surface area contributed by atoms with Crippen LogP contribution in [0, 0.1) is 5.92 Å². The molecule has 0 amide bonds. The maximum absolute atomic E-state index is 3.68. The van der Waals surface area contributed by atoms with Gasteiger partial charge < -0.3 is 0 Å². The Morgan fingerprint density at radius 3 is 1.74 bits per heavy atom. The van der Waals surface area contributed by atoms with Crippen molar-refractivity contribution in [2.75, 3.05) is 0 Å². The fourth-order valence-electron chi connectivity index (χ4n) is 10.0. The molecule has 1 saturated carbocycles. The number of hydrogen-bond donors (Lipinski definition) is 0. The molecule has 3 aliphatic carbocycles. The molecule has 4 aromatic carbocycles. The monoisotopic (exact) mass is 798 g/mol. The number of halogens is 2. The van der Waals surface area contributed by atoms with Crippen molar-refractivity contribution in [3.63, 3.8) is 0 Å². The number of rotatable bonds is 8. The minimum absolute atomic E-state index is 0. The third kappa shape index (κ3) is 6.94. The normalized spacial score (nSPS) is 19.5. The Kier molecular flexibility index (Phi) is 11.9. The molecule has 0 saturated heterocycles. The number of allylic oxidation sites excluding steroid dienone is 2. The molecule has 50 heavy (non-hydrogen) atoms. The SMILES string of the molecule is CCC(C)C1=Cc2c(-c3ccc(C(C)C)cc3)cccc2[CH]1[Zr]([CH3])([CH3])(=[SiH2])[CH]1C(C)=Cc2c(-c3ccc(C4CCCCC4)cc3)cccc21.Cl.Cl. The Labute approximate surface area is 318 Å². The van der Waals surface area contributed by atoms with Crippen LogP contribution in [0.1, 0.15) is 126 Å². The van der Waals surface area contributed by atoms with Crippen LogP contribution in [0.4, 0.5) is 0 Å². The zero-order valence-corrected chi connectivity index (χ0v) is 36.9. The van der Waals surface area contributed by atoms with Crippen LogP contribution in [-0.4, -0.2) is 6.88 Å². The summed E-state index contributed by atoms with van der Waals surface area (Å²) in [6.07, 6.45) is 13.3. The van der Waals surface area contributed by atoms with Gasteiger partial charge >= 0.3 is 296 Å². The van der Waals surface area contributed by atoms with Crippen LogP contribution in [0.15, 0.2) is 96.1 Å². The third-order valence-electron chi connectivity index (χ3n) is 12.6. The minimum Gasteiger partial charge on any atom is -0.147 e. The van der Waals surface area contributed by atoms with Crippen molar-refractivity contribution in [3.8, 4) is 22.3 Å². The molecule has 7 rings (SSSR count). The molecule has 0 bridgehead atoms. The van der Waals surface area contributed by atoms with Gasteiger partial charge in [-0.15, -0.1) is 24.8 Å². The summed E-state index contributed by atoms with van der Waals surface area (Å²) in [5.74, 6) is 1.86. The van der Waals surface area contributed by atoms with Gasteiger partial charge in [0, 0.05) is 0 Å². The second kappa shape index (κ2) is 15.2. The number of fused-ring (bicyclic) bond motifs is 2. The maximum atomic E-state index is 2.79. The molecule has 0 N–H and O–H groups in total. The average molecular weight is 801 g/mol. The summed E-state index contributed by atoms with van der Waals surface area (Å²) in [6.45, 7) is 14.4. The van der Waals surface area contributed by atoms with Gasteiger partial charge in [-0.2, -0.15) is 0 Å². The van der Waals surface area contributed by atoms with E-state index in [0.29, 0.717) is 19.1 Å². The summed E-state index contributed by atoms with van der Waals surface area (Å²) in [4.78, 5) is 0. The molecule has 0 spiro atoms. The zero-order valence-electron chi connectivity index (χ0n) is 31.4. The van der Waals surface area contributed by atoms with E-state index in [2.05, 4.69) is 148 Å². The summed E-state index contributed by atoms with van der Waals surface area (Å²) in [7, 11) is 0. The van der Waals surface area contributed by atoms with Gasteiger partial charge in [-0.05, 0) is 0 Å². The van der Waals surface area contributed by atoms with Gasteiger partial charge in [0.1, 0.15) is 0 Å². The predicted octanol–water partition coefficient (Wildman–Crippen LogP) is 14.0. The van der Waals surface area contributed by atoms with Crippen LogP contribution in [0.3, 0.4) is 0 Å². The fourth-order valence-corrected chi connectivity index (χ4v) is 30.5. The average Bonchev–Trinajstić information content (AvgIpc) is 3.67. The quantitative estimate of drug-likeness (QED) is 0.156. The molecular formula is C46H58Cl2SiZr. The van der Waals surface area contributed by atoms with Crippen LogP contribution < -0.4 is 0 Å². The van der Waals surface area contributed by atoms with Gasteiger partial charge in [-0.1, -0.05) is 0 Å². The Bertz CT molecular complexity index is 1970. The first kappa shape index (κ1) is 39.3. The summed E-state index contributed by atoms with van der Waals surface area (Å²) in [5.41, 5.74) is 17.9. The van der Waals surface area contributed by atoms with Gasteiger partial charge in [0.15, 0.2) is 0 Å². The van der Waals surface area contributed by atoms with Crippen LogP contribution in [-0.2, 0) is 17.4 Å². The standard InChI is InChI=1S/C22H23.C22H25.2CH3.2ClH.H2Si.Zr/c1-16-14-20-8-5-9-21(22(20)15-16)19-12-10-18(11-13-19)17-6-3-2-4-7-17;1-5-16(4)20-13-19-7-6-8-21(22(19)14-20)18-11-9-17(10-12-18)15(2)3;;;;;;/h5,8-15,17H,2-4,6-7H2,1H3;6-16H,5H2,1-4H3;2*1H3;2*1H;1H2;. The molecular weight excluding hydrogens is 743 g/mol. The van der Waals surface area contributed by atoms with Crippen molar-refractivity contribution in [1.82, 2.24) is 0 Å². The van der Waals surface area contributed by atoms with Crippen LogP contribution in [0.2, 0.25) is 9.26 Å². The fraction of sp³-hybridized carbons (Fsp3) is 0.391. The number of hydrogen-bond acceptors (Lipinski definition) is 0. The topological polar surface area (TPSA) is 0 Å². The first-order valence-electron chi connectivity index (χ1n) is 18.9. The summed E-state index contributed by atoms with van der Waals surface area (Å²) < 4.78 is 6.64. The van der Waals surface area contributed by atoms with E-state index in [-0.39, 0.29) is 24.8 Å². The molecule has 3 aliphatic rings. The Hall–Kier alpha value is -1.96. The van der Waals surface area contributed by atoms with E-state index >= 15 is 0 Å². The molecule has 1 fully saturated rings. The largest absolute Gasteiger partial charge is 0.147 e. The summed E-state index contributed by atoms with van der Waals surface area (Å²) in [5, 5.41) is 0. The zero-order chi connectivity index (χ0) is 33.8. The van der Waals surface area contributed by atoms with E-state index in [1.54, 1.807) is 27.8 Å². The Morgan fingerprint density at radius 1 is 0.680 bits per heavy atom. The molecule has 0 aliphatic heterocycles. The summed E-state index contributed by atoms with van der Waals surface area (Å²) >= 11 is -3.68. The van der Waals surface area contributed by atoms with Crippen molar-refractivity contribution in [3.05, 3.63) is 129 Å². The third-order valence-corrected chi connectivity index (χ3v) is 30.3. The van der Waals surface area contributed by atoms with Crippen molar-refractivity contribution in [2.45, 2.75) is 101 Å². The molecule has 3 unspecified atom stereocenters. The first-order chi connectivity index (χ1) is 23.0. The van der Waals surface area contributed by atoms with Crippen molar-refractivity contribution in [2.24, 2.45) is 5.92 Å². The predicted molar refractivity (Wildman–Crippen MR) is 225 cm³/mol. The smallest absolute Gasteiger partial charge is 0.147 e. The molecule has 0 nitrogen and oxygen atoms in total. The van der Waals surface area contributed by atoms with Crippen LogP contribution in [0.25, 0.3) is 34.4 Å². The van der Waals surface area contributed by atoms with E-state index < -0.39 is 17.4 Å². The molecule has 4 aromatic rings. The van der Waals surface area contributed by atoms with E-state index in [1.165, 1.54) is 77.5 Å². The van der Waals surface area contributed by atoms with E-state index in [9.17, 15) is 0 Å². The van der Waals surface area contributed by atoms with Gasteiger partial charge in [0.25, 0.3) is 0 Å². The molecule has 4 heteroatoms. The van der Waals surface area contributed by atoms with Crippen molar-refractivity contribution in [1.29, 1.82) is 0 Å². The molecule has 264 valence electrons. The molecule has 0 aromatic heterocycles. The second-order valence-electron chi connectivity index (χ2n) is 17.0. The van der Waals surface area contributed by atoms with E-state index in [1.807, 2.05) is 0 Å². The molecule has 0 radical (unpaired) electrons. The van der Waals surface area contributed by atoms with Crippen LogP contribution >= 0.6 is 24.8 Å². The Morgan fingerprint density at radius 2 is 1.20 bits per heavy atom. The van der Waals surface area contributed by atoms with Gasteiger partial charge in [-0.25, -0.2) is 0 Å². The summed E-state index contributed by atoms with van der Waals surface area (Å²) in [6, 6.07) is 33.5. The Balaban J connectivity index is 0.00000243.